The zero-order chi connectivity index (χ0) is 63.7. The maximum absolute atomic E-state index is 14.9. The second-order valence-corrected chi connectivity index (χ2v) is 24.2. The second-order valence-electron chi connectivity index (χ2n) is 24.2. The Labute approximate surface area is 501 Å². The molecule has 5 rings (SSSR count). The van der Waals surface area contributed by atoms with Crippen molar-refractivity contribution in [3.63, 3.8) is 0 Å². The smallest absolute Gasteiger partial charge is 0.246 e. The largest absolute Gasteiger partial charge is 0.508 e. The second kappa shape index (κ2) is 31.7. The lowest BCUT2D eigenvalue weighted by molar-refractivity contribution is -0.143. The van der Waals surface area contributed by atoms with Crippen molar-refractivity contribution in [1.29, 1.82) is 0 Å². The van der Waals surface area contributed by atoms with Gasteiger partial charge in [0.05, 0.1) is 0 Å². The monoisotopic (exact) mass is 1200 g/mol. The number of phenols is 2. The fraction of sp³-hybridized carbons (Fsp3) is 0.600. The summed E-state index contributed by atoms with van der Waals surface area (Å²) in [4.78, 5) is 173. The molecule has 0 radical (unpaired) electrons. The van der Waals surface area contributed by atoms with Crippen molar-refractivity contribution in [1.82, 2.24) is 52.3 Å². The summed E-state index contributed by atoms with van der Waals surface area (Å²) in [7, 11) is 0. The summed E-state index contributed by atoms with van der Waals surface area (Å²) in [5.74, 6) is -11.6. The van der Waals surface area contributed by atoms with E-state index in [1.165, 1.54) is 34.1 Å². The number of carbonyl (C=O) groups excluding carboxylic acids is 12. The van der Waals surface area contributed by atoms with Gasteiger partial charge in [0, 0.05) is 38.8 Å². The third-order valence-electron chi connectivity index (χ3n) is 15.5. The van der Waals surface area contributed by atoms with Crippen LogP contribution >= 0.6 is 0 Å². The maximum atomic E-state index is 14.9. The molecule has 0 aromatic heterocycles. The number of amides is 12. The Balaban J connectivity index is 1.61. The molecule has 2 aromatic rings. The molecule has 472 valence electrons. The van der Waals surface area contributed by atoms with E-state index in [-0.39, 0.29) is 87.8 Å². The fourth-order valence-corrected chi connectivity index (χ4v) is 10.8. The average molecular weight is 1200 g/mol. The Hall–Kier alpha value is -8.32. The molecular weight excluding hydrogens is 1110 g/mol. The molecule has 3 saturated heterocycles. The summed E-state index contributed by atoms with van der Waals surface area (Å²) in [6.45, 7) is 13.8. The van der Waals surface area contributed by atoms with E-state index in [0.717, 1.165) is 0 Å². The number of hydrogen-bond acceptors (Lipinski definition) is 14. The molecule has 10 atom stereocenters. The first-order valence-electron chi connectivity index (χ1n) is 29.7. The summed E-state index contributed by atoms with van der Waals surface area (Å²) >= 11 is 0. The number of nitrogens with zero attached hydrogens (tertiary/aromatic N) is 2. The van der Waals surface area contributed by atoms with Crippen LogP contribution in [-0.4, -0.2) is 164 Å². The number of fused-ring (bicyclic) bond motifs is 2. The van der Waals surface area contributed by atoms with Gasteiger partial charge in [-0.2, -0.15) is 0 Å². The van der Waals surface area contributed by atoms with Gasteiger partial charge in [-0.15, -0.1) is 0 Å². The van der Waals surface area contributed by atoms with Crippen molar-refractivity contribution in [3.8, 4) is 11.5 Å². The molecule has 86 heavy (non-hydrogen) atoms. The molecule has 0 spiro atoms. The first kappa shape index (κ1) is 68.5. The lowest BCUT2D eigenvalue weighted by atomic mass is 9.98. The van der Waals surface area contributed by atoms with Crippen LogP contribution in [0.4, 0.5) is 0 Å². The van der Waals surface area contributed by atoms with Crippen molar-refractivity contribution >= 4 is 70.9 Å². The van der Waals surface area contributed by atoms with Crippen LogP contribution in [0.2, 0.25) is 0 Å². The number of carbonyl (C=O) groups is 12. The molecule has 0 bridgehead atoms. The molecule has 12 amide bonds. The number of hydrogen-bond donors (Lipinski definition) is 12. The Morgan fingerprint density at radius 1 is 0.442 bits per heavy atom. The molecule has 0 saturated carbocycles. The van der Waals surface area contributed by atoms with Gasteiger partial charge in [-0.25, -0.2) is 0 Å². The van der Waals surface area contributed by atoms with E-state index < -0.39 is 156 Å². The summed E-state index contributed by atoms with van der Waals surface area (Å²) in [6, 6.07) is -1.85. The Morgan fingerprint density at radius 3 is 1.05 bits per heavy atom. The van der Waals surface area contributed by atoms with Crippen LogP contribution in [-0.2, 0) is 70.4 Å². The fourth-order valence-electron chi connectivity index (χ4n) is 10.8. The van der Waals surface area contributed by atoms with E-state index in [0.29, 0.717) is 24.0 Å². The number of rotatable bonds is 16. The minimum absolute atomic E-state index is 0.00587. The van der Waals surface area contributed by atoms with Crippen LogP contribution in [0.5, 0.6) is 11.5 Å². The molecule has 26 heteroatoms. The SMILES string of the molecule is CC(C)C[C@@H]1NC(=O)[C@H](CCC(N)=O)NC(=O)[C@H](C(C)C)NC(=O)[C@@H]2CCCN2C(=O)[C@@H](Cc2ccc(O)cc2)NC(=O)[C@H](CC(C)C)NC(=O)[C@H](CCC(N)=O)NC(=O)[C@H](C(C)C)NC(=O)[C@@H]2CCCN2C(=O)[C@@H](Cc2ccc(O)cc2)NC1=O. The van der Waals surface area contributed by atoms with Gasteiger partial charge in [-0.1, -0.05) is 79.7 Å². The number of nitrogens with one attached hydrogen (secondary N) is 8. The minimum Gasteiger partial charge on any atom is -0.508 e. The molecule has 3 heterocycles. The lowest BCUT2D eigenvalue weighted by Gasteiger charge is -2.33. The predicted octanol–water partition coefficient (Wildman–Crippen LogP) is -0.308. The molecule has 14 N–H and O–H groups in total. The van der Waals surface area contributed by atoms with Crippen LogP contribution < -0.4 is 54.0 Å². The molecule has 26 nitrogen and oxygen atoms in total. The van der Waals surface area contributed by atoms with Crippen molar-refractivity contribution < 1.29 is 67.7 Å². The number of phenolic OH excluding ortho intramolecular Hbond substituents is 2. The number of nitrogens with two attached hydrogens (primary N) is 2. The van der Waals surface area contributed by atoms with E-state index in [1.807, 2.05) is 0 Å². The summed E-state index contributed by atoms with van der Waals surface area (Å²) < 4.78 is 0. The summed E-state index contributed by atoms with van der Waals surface area (Å²) in [6.07, 6.45) is -0.815. The number of benzene rings is 2. The first-order valence-corrected chi connectivity index (χ1v) is 29.7. The quantitative estimate of drug-likeness (QED) is 0.103. The highest BCUT2D eigenvalue weighted by Crippen LogP contribution is 2.24. The zero-order valence-corrected chi connectivity index (χ0v) is 50.4. The first-order chi connectivity index (χ1) is 40.5. The lowest BCUT2D eigenvalue weighted by Crippen LogP contribution is -2.62. The van der Waals surface area contributed by atoms with Gasteiger partial charge in [0.1, 0.15) is 71.9 Å². The highest BCUT2D eigenvalue weighted by Gasteiger charge is 2.43. The molecular formula is C60H88N12O14. The molecule has 3 aliphatic heterocycles. The molecule has 0 aliphatic carbocycles. The molecule has 2 aromatic carbocycles. The van der Waals surface area contributed by atoms with Crippen LogP contribution in [0.25, 0.3) is 0 Å². The van der Waals surface area contributed by atoms with E-state index in [4.69, 9.17) is 11.5 Å². The van der Waals surface area contributed by atoms with Crippen LogP contribution in [0.1, 0.15) is 131 Å². The van der Waals surface area contributed by atoms with Gasteiger partial charge in [0.15, 0.2) is 0 Å². The zero-order valence-electron chi connectivity index (χ0n) is 50.4. The van der Waals surface area contributed by atoms with E-state index in [2.05, 4.69) is 42.5 Å². The van der Waals surface area contributed by atoms with E-state index in [9.17, 15) is 67.7 Å². The van der Waals surface area contributed by atoms with Gasteiger partial charge < -0.3 is 74.0 Å². The number of aromatic hydroxyl groups is 2. The summed E-state index contributed by atoms with van der Waals surface area (Å²) in [5.41, 5.74) is 12.1. The average Bonchev–Trinajstić information content (AvgIpc) is 4.35. The normalized spacial score (nSPS) is 25.8. The van der Waals surface area contributed by atoms with Gasteiger partial charge in [-0.3, -0.25) is 57.5 Å². The van der Waals surface area contributed by atoms with E-state index in [1.54, 1.807) is 79.7 Å². The summed E-state index contributed by atoms with van der Waals surface area (Å²) in [5, 5.41) is 41.9. The topological polar surface area (TPSA) is 400 Å². The minimum atomic E-state index is -1.51. The van der Waals surface area contributed by atoms with Crippen molar-refractivity contribution in [2.75, 3.05) is 13.1 Å². The molecule has 3 fully saturated rings. The third-order valence-corrected chi connectivity index (χ3v) is 15.5. The van der Waals surface area contributed by atoms with Crippen molar-refractivity contribution in [2.24, 2.45) is 35.1 Å². The standard InChI is InChI=1S/C60H88N12O14/c1-31(2)27-41-53(79)67-43(29-35-13-17-37(73)18-14-35)59(85)71-25-9-11-45(71)55(81)70-50(34(7)8)58(84)64-40(22-24-48(62)76)52(78)66-42(28-32(3)4)54(80)68-44(30-36-15-19-38(74)20-16-36)60(86)72-26-10-12-46(72)56(82)69-49(33(5)6)57(83)63-39(51(77)65-41)21-23-47(61)75/h13-20,31-34,39-46,49-50,73-74H,9-12,21-30H2,1-8H3,(H2,61,75)(H2,62,76)(H,63,83)(H,64,84)(H,65,77)(H,66,78)(H,67,79)(H,68,80)(H,69,82)(H,70,81)/t39-,40-,41-,42-,43+,44+,45-,46-,49-,50-/m0/s1. The highest BCUT2D eigenvalue weighted by atomic mass is 16.3. The van der Waals surface area contributed by atoms with Crippen LogP contribution in [0, 0.1) is 23.7 Å². The van der Waals surface area contributed by atoms with Crippen molar-refractivity contribution in [2.45, 2.75) is 193 Å². The number of primary amides is 2. The third kappa shape index (κ3) is 19.9. The molecule has 0 unspecified atom stereocenters. The Bertz CT molecular complexity index is 2590. The van der Waals surface area contributed by atoms with E-state index >= 15 is 0 Å². The van der Waals surface area contributed by atoms with Gasteiger partial charge in [0.2, 0.25) is 70.9 Å². The van der Waals surface area contributed by atoms with Crippen LogP contribution in [0.15, 0.2) is 48.5 Å². The molecule has 3 aliphatic rings. The highest BCUT2D eigenvalue weighted by molar-refractivity contribution is 6.00. The van der Waals surface area contributed by atoms with Crippen molar-refractivity contribution in [3.05, 3.63) is 59.7 Å². The predicted molar refractivity (Wildman–Crippen MR) is 314 cm³/mol. The Morgan fingerprint density at radius 2 is 0.744 bits per heavy atom. The Kier molecular flexibility index (Phi) is 25.2. The maximum Gasteiger partial charge on any atom is 0.246 e. The van der Waals surface area contributed by atoms with Crippen LogP contribution in [0.3, 0.4) is 0 Å². The van der Waals surface area contributed by atoms with Gasteiger partial charge in [0.25, 0.3) is 0 Å². The van der Waals surface area contributed by atoms with Gasteiger partial charge >= 0.3 is 0 Å². The van der Waals surface area contributed by atoms with Gasteiger partial charge in [-0.05, 0) is 110 Å².